The van der Waals surface area contributed by atoms with E-state index in [0.717, 1.165) is 13.2 Å². The first kappa shape index (κ1) is 11.6. The number of aromatic nitrogens is 2. The van der Waals surface area contributed by atoms with Crippen molar-refractivity contribution < 1.29 is 26.3 Å². The maximum absolute atomic E-state index is 4.98. The molecule has 1 heterocycles. The van der Waals surface area contributed by atoms with Crippen LogP contribution in [0.3, 0.4) is 0 Å². The molecule has 0 fully saturated rings. The van der Waals surface area contributed by atoms with Gasteiger partial charge in [-0.05, 0) is 0 Å². The summed E-state index contributed by atoms with van der Waals surface area (Å²) in [4.78, 5) is 0. The summed E-state index contributed by atoms with van der Waals surface area (Å²) in [5, 5.41) is 0. The van der Waals surface area contributed by atoms with Gasteiger partial charge in [-0.15, -0.1) is 0 Å². The first-order chi connectivity index (χ1) is 5.25. The maximum atomic E-state index is 4.98. The molecule has 0 aliphatic carbocycles. The lowest BCUT2D eigenvalue weighted by Crippen LogP contribution is -3.00. The lowest BCUT2D eigenvalue weighted by molar-refractivity contribution is -0.677. The molecule has 1 aromatic rings. The highest BCUT2D eigenvalue weighted by molar-refractivity contribution is 4.78. The smallest absolute Gasteiger partial charge is 0.253 e. The van der Waals surface area contributed by atoms with Crippen LogP contribution in [0.2, 0.25) is 0 Å². The van der Waals surface area contributed by atoms with E-state index in [-0.39, 0.29) is 17.0 Å². The monoisotopic (exact) mass is 234 g/mol. The van der Waals surface area contributed by atoms with Crippen molar-refractivity contribution in [3.63, 3.8) is 0 Å². The van der Waals surface area contributed by atoms with Gasteiger partial charge in [-0.1, -0.05) is 0 Å². The van der Waals surface area contributed by atoms with Gasteiger partial charge in [0, 0.05) is 14.0 Å². The Labute approximate surface area is 83.7 Å². The summed E-state index contributed by atoms with van der Waals surface area (Å²) >= 11 is 0. The summed E-state index contributed by atoms with van der Waals surface area (Å²) < 4.78 is 9.24. The molecule has 1 rings (SSSR count). The fraction of sp³-hybridized carbons (Fsp3) is 0.625. The Balaban J connectivity index is 0.00000121. The Morgan fingerprint density at radius 1 is 1.58 bits per heavy atom. The van der Waals surface area contributed by atoms with Crippen LogP contribution in [0.5, 0.6) is 0 Å². The van der Waals surface area contributed by atoms with Crippen molar-refractivity contribution in [3.05, 3.63) is 18.2 Å². The Morgan fingerprint density at radius 3 is 2.67 bits per heavy atom. The molecule has 3 nitrogen and oxygen atoms in total. The van der Waals surface area contributed by atoms with Crippen LogP contribution < -0.4 is 21.5 Å². The van der Waals surface area contributed by atoms with Crippen molar-refractivity contribution in [3.8, 4) is 0 Å². The highest BCUT2D eigenvalue weighted by atomic mass is 79.9. The number of ether oxygens (including phenoxy) is 1. The highest BCUT2D eigenvalue weighted by Gasteiger charge is 2.06. The van der Waals surface area contributed by atoms with Crippen molar-refractivity contribution in [1.82, 2.24) is 4.57 Å². The second-order valence-corrected chi connectivity index (χ2v) is 2.64. The van der Waals surface area contributed by atoms with Crippen LogP contribution in [0.25, 0.3) is 0 Å². The molecule has 0 amide bonds. The van der Waals surface area contributed by atoms with E-state index in [9.17, 15) is 0 Å². The molecule has 70 valence electrons. The number of aryl methyl sites for hydroxylation is 1. The van der Waals surface area contributed by atoms with Crippen LogP contribution in [0, 0.1) is 6.92 Å². The highest BCUT2D eigenvalue weighted by Crippen LogP contribution is 1.91. The van der Waals surface area contributed by atoms with Crippen molar-refractivity contribution in [2.75, 3.05) is 13.7 Å². The summed E-state index contributed by atoms with van der Waals surface area (Å²) in [5.74, 6) is 1.25. The lowest BCUT2D eigenvalue weighted by Gasteiger charge is -1.96. The quantitative estimate of drug-likeness (QED) is 0.520. The summed E-state index contributed by atoms with van der Waals surface area (Å²) in [6.07, 6.45) is 4.11. The average molecular weight is 235 g/mol. The minimum Gasteiger partial charge on any atom is -1.00 e. The third kappa shape index (κ3) is 2.60. The number of imidazole rings is 1. The number of hydrogen-bond donors (Lipinski definition) is 0. The summed E-state index contributed by atoms with van der Waals surface area (Å²) in [6.45, 7) is 3.80. The van der Waals surface area contributed by atoms with Crippen LogP contribution in [0.4, 0.5) is 0 Å². The van der Waals surface area contributed by atoms with Crippen LogP contribution in [0.1, 0.15) is 5.82 Å². The minimum absolute atomic E-state index is 0. The molecule has 0 saturated heterocycles. The molecular weight excluding hydrogens is 220 g/mol. The van der Waals surface area contributed by atoms with Gasteiger partial charge in [-0.3, -0.25) is 0 Å². The first-order valence-corrected chi connectivity index (χ1v) is 3.76. The minimum atomic E-state index is 0. The normalized spacial score (nSPS) is 9.58. The maximum Gasteiger partial charge on any atom is 0.253 e. The summed E-state index contributed by atoms with van der Waals surface area (Å²) in [7, 11) is 3.76. The predicted molar refractivity (Wildman–Crippen MR) is 42.2 cm³/mol. The summed E-state index contributed by atoms with van der Waals surface area (Å²) in [6, 6.07) is 0. The SMILES string of the molecule is COCCn1cc[n+](C)c1C.[Br-]. The Bertz CT molecular complexity index is 235. The molecule has 0 bridgehead atoms. The molecule has 0 N–H and O–H groups in total. The zero-order valence-electron chi connectivity index (χ0n) is 7.75. The molecule has 0 aromatic carbocycles. The average Bonchev–Trinajstić information content (AvgIpc) is 2.31. The second-order valence-electron chi connectivity index (χ2n) is 2.64. The number of methoxy groups -OCH3 is 1. The first-order valence-electron chi connectivity index (χ1n) is 3.76. The molecule has 0 unspecified atom stereocenters. The Kier molecular flexibility index (Phi) is 5.17. The van der Waals surface area contributed by atoms with E-state index in [1.807, 2.05) is 13.2 Å². The lowest BCUT2D eigenvalue weighted by atomic mass is 10.6. The van der Waals surface area contributed by atoms with Gasteiger partial charge in [-0.25, -0.2) is 9.13 Å². The Morgan fingerprint density at radius 2 is 2.25 bits per heavy atom. The molecule has 12 heavy (non-hydrogen) atoms. The van der Waals surface area contributed by atoms with Gasteiger partial charge in [0.2, 0.25) is 0 Å². The van der Waals surface area contributed by atoms with Crippen LogP contribution in [-0.2, 0) is 18.3 Å². The van der Waals surface area contributed by atoms with E-state index < -0.39 is 0 Å². The van der Waals surface area contributed by atoms with Gasteiger partial charge < -0.3 is 21.7 Å². The van der Waals surface area contributed by atoms with Gasteiger partial charge in [0.15, 0.2) is 0 Å². The van der Waals surface area contributed by atoms with E-state index in [0.29, 0.717) is 0 Å². The van der Waals surface area contributed by atoms with Crippen LogP contribution in [0.15, 0.2) is 12.4 Å². The standard InChI is InChI=1S/C8H15N2O.BrH/c1-8-9(2)4-5-10(8)6-7-11-3;/h4-5H,6-7H2,1-3H3;1H/q+1;/p-1. The van der Waals surface area contributed by atoms with Gasteiger partial charge >= 0.3 is 0 Å². The van der Waals surface area contributed by atoms with Gasteiger partial charge in [0.25, 0.3) is 5.82 Å². The third-order valence-electron chi connectivity index (χ3n) is 1.93. The fourth-order valence-electron chi connectivity index (χ4n) is 1.02. The molecule has 0 saturated carbocycles. The molecule has 0 radical (unpaired) electrons. The number of hydrogen-bond acceptors (Lipinski definition) is 1. The van der Waals surface area contributed by atoms with Crippen molar-refractivity contribution in [1.29, 1.82) is 0 Å². The molecule has 0 aliphatic rings. The predicted octanol–water partition coefficient (Wildman–Crippen LogP) is -2.73. The fourth-order valence-corrected chi connectivity index (χ4v) is 1.02. The van der Waals surface area contributed by atoms with Gasteiger partial charge in [0.1, 0.15) is 18.9 Å². The summed E-state index contributed by atoms with van der Waals surface area (Å²) in [5.41, 5.74) is 0. The number of halogens is 1. The zero-order chi connectivity index (χ0) is 8.27. The van der Waals surface area contributed by atoms with Gasteiger partial charge in [-0.2, -0.15) is 0 Å². The largest absolute Gasteiger partial charge is 1.00 e. The Hall–Kier alpha value is -0.350. The zero-order valence-corrected chi connectivity index (χ0v) is 9.34. The van der Waals surface area contributed by atoms with Crippen molar-refractivity contribution >= 4 is 0 Å². The number of rotatable bonds is 3. The van der Waals surface area contributed by atoms with Crippen molar-refractivity contribution in [2.24, 2.45) is 7.05 Å². The molecule has 0 aliphatic heterocycles. The third-order valence-corrected chi connectivity index (χ3v) is 1.93. The van der Waals surface area contributed by atoms with Crippen molar-refractivity contribution in [2.45, 2.75) is 13.5 Å². The molecular formula is C8H15BrN2O. The van der Waals surface area contributed by atoms with E-state index in [1.54, 1.807) is 7.11 Å². The molecule has 4 heteroatoms. The van der Waals surface area contributed by atoms with E-state index in [2.05, 4.69) is 22.3 Å². The van der Waals surface area contributed by atoms with Crippen LogP contribution >= 0.6 is 0 Å². The number of nitrogens with zero attached hydrogens (tertiary/aromatic N) is 2. The van der Waals surface area contributed by atoms with E-state index >= 15 is 0 Å². The second kappa shape index (κ2) is 5.32. The molecule has 1 aromatic heterocycles. The van der Waals surface area contributed by atoms with E-state index in [4.69, 9.17) is 4.74 Å². The molecule has 0 spiro atoms. The van der Waals surface area contributed by atoms with Crippen LogP contribution in [-0.4, -0.2) is 18.3 Å². The van der Waals surface area contributed by atoms with E-state index in [1.165, 1.54) is 5.82 Å². The van der Waals surface area contributed by atoms with Gasteiger partial charge in [0.05, 0.1) is 13.7 Å². The molecule has 0 atom stereocenters. The topological polar surface area (TPSA) is 18.0 Å².